The largest absolute Gasteiger partial charge is 0.377 e. The van der Waals surface area contributed by atoms with Crippen molar-refractivity contribution in [2.24, 2.45) is 0 Å². The molecule has 2 heterocycles. The van der Waals surface area contributed by atoms with Crippen LogP contribution in [0.5, 0.6) is 0 Å². The zero-order valence-electron chi connectivity index (χ0n) is 14.0. The first-order valence-corrected chi connectivity index (χ1v) is 9.96. The van der Waals surface area contributed by atoms with Gasteiger partial charge in [0.15, 0.2) is 0 Å². The number of carbonyl (C=O) groups is 1. The first-order chi connectivity index (χ1) is 12.2. The van der Waals surface area contributed by atoms with E-state index in [9.17, 15) is 4.79 Å². The molecule has 0 saturated heterocycles. The van der Waals surface area contributed by atoms with Crippen LogP contribution >= 0.6 is 22.7 Å². The van der Waals surface area contributed by atoms with Gasteiger partial charge in [0.05, 0.1) is 18.7 Å². The third-order valence-corrected chi connectivity index (χ3v) is 5.27. The average Bonchev–Trinajstić information content (AvgIpc) is 3.30. The number of nitrogens with one attached hydrogen (secondary N) is 1. The van der Waals surface area contributed by atoms with Crippen LogP contribution in [0.15, 0.2) is 46.5 Å². The van der Waals surface area contributed by atoms with Crippen molar-refractivity contribution in [3.8, 4) is 10.6 Å². The molecule has 1 N–H and O–H groups in total. The molecule has 0 aliphatic rings. The van der Waals surface area contributed by atoms with Crippen LogP contribution in [-0.2, 0) is 29.1 Å². The second-order valence-corrected chi connectivity index (χ2v) is 7.20. The Morgan fingerprint density at radius 3 is 2.68 bits per heavy atom. The summed E-state index contributed by atoms with van der Waals surface area (Å²) in [4.78, 5) is 16.7. The van der Waals surface area contributed by atoms with Gasteiger partial charge in [-0.2, -0.15) is 11.3 Å². The molecule has 0 bridgehead atoms. The van der Waals surface area contributed by atoms with Crippen molar-refractivity contribution in [3.63, 3.8) is 0 Å². The molecule has 0 aliphatic carbocycles. The second-order valence-electron chi connectivity index (χ2n) is 5.56. The van der Waals surface area contributed by atoms with Gasteiger partial charge < -0.3 is 10.1 Å². The zero-order chi connectivity index (χ0) is 17.5. The number of nitrogens with zero attached hydrogens (tertiary/aromatic N) is 1. The molecule has 3 aromatic rings. The molecule has 1 amide bonds. The Bertz CT molecular complexity index is 795. The van der Waals surface area contributed by atoms with E-state index in [4.69, 9.17) is 4.74 Å². The van der Waals surface area contributed by atoms with Crippen molar-refractivity contribution >= 4 is 28.6 Å². The Labute approximate surface area is 155 Å². The van der Waals surface area contributed by atoms with E-state index in [0.717, 1.165) is 27.4 Å². The molecule has 3 rings (SSSR count). The second kappa shape index (κ2) is 8.89. The first-order valence-electron chi connectivity index (χ1n) is 8.14. The third-order valence-electron chi connectivity index (χ3n) is 3.65. The number of aromatic nitrogens is 1. The van der Waals surface area contributed by atoms with Gasteiger partial charge >= 0.3 is 0 Å². The lowest BCUT2D eigenvalue weighted by molar-refractivity contribution is -0.120. The van der Waals surface area contributed by atoms with Gasteiger partial charge in [-0.1, -0.05) is 24.3 Å². The van der Waals surface area contributed by atoms with Crippen molar-refractivity contribution in [1.82, 2.24) is 10.3 Å². The highest BCUT2D eigenvalue weighted by atomic mass is 32.1. The molecule has 4 nitrogen and oxygen atoms in total. The fraction of sp³-hybridized carbons (Fsp3) is 0.263. The molecule has 0 saturated carbocycles. The van der Waals surface area contributed by atoms with Gasteiger partial charge in [-0.25, -0.2) is 4.98 Å². The summed E-state index contributed by atoms with van der Waals surface area (Å²) >= 11 is 3.22. The molecule has 6 heteroatoms. The number of hydrogen-bond donors (Lipinski definition) is 1. The molecule has 0 spiro atoms. The summed E-state index contributed by atoms with van der Waals surface area (Å²) in [6.07, 6.45) is 0.309. The lowest BCUT2D eigenvalue weighted by atomic mass is 10.1. The van der Waals surface area contributed by atoms with E-state index in [1.807, 2.05) is 48.0 Å². The Morgan fingerprint density at radius 1 is 1.16 bits per heavy atom. The summed E-state index contributed by atoms with van der Waals surface area (Å²) < 4.78 is 5.38. The van der Waals surface area contributed by atoms with Crippen LogP contribution in [-0.4, -0.2) is 17.5 Å². The topological polar surface area (TPSA) is 51.2 Å². The summed E-state index contributed by atoms with van der Waals surface area (Å²) in [5.74, 6) is -0.0134. The van der Waals surface area contributed by atoms with E-state index in [-0.39, 0.29) is 5.91 Å². The van der Waals surface area contributed by atoms with Crippen LogP contribution in [0.4, 0.5) is 0 Å². The van der Waals surface area contributed by atoms with Gasteiger partial charge in [0.2, 0.25) is 5.91 Å². The van der Waals surface area contributed by atoms with Crippen LogP contribution in [0.3, 0.4) is 0 Å². The molecule has 25 heavy (non-hydrogen) atoms. The van der Waals surface area contributed by atoms with E-state index in [1.54, 1.807) is 22.7 Å². The smallest absolute Gasteiger partial charge is 0.226 e. The molecule has 130 valence electrons. The van der Waals surface area contributed by atoms with Crippen molar-refractivity contribution in [1.29, 1.82) is 0 Å². The minimum absolute atomic E-state index is 0.0134. The number of carbonyl (C=O) groups excluding carboxylic acids is 1. The summed E-state index contributed by atoms with van der Waals surface area (Å²) in [7, 11) is 0. The predicted molar refractivity (Wildman–Crippen MR) is 103 cm³/mol. The quantitative estimate of drug-likeness (QED) is 0.642. The van der Waals surface area contributed by atoms with Gasteiger partial charge in [-0.05, 0) is 29.5 Å². The van der Waals surface area contributed by atoms with Gasteiger partial charge in [-0.15, -0.1) is 11.3 Å². The number of amides is 1. The number of hydrogen-bond acceptors (Lipinski definition) is 5. The lowest BCUT2D eigenvalue weighted by Gasteiger charge is -2.06. The maximum Gasteiger partial charge on any atom is 0.226 e. The highest BCUT2D eigenvalue weighted by Gasteiger charge is 2.09. The third kappa shape index (κ3) is 5.22. The number of thiazole rings is 1. The van der Waals surface area contributed by atoms with Crippen LogP contribution in [0.25, 0.3) is 10.6 Å². The summed E-state index contributed by atoms with van der Waals surface area (Å²) in [5, 5.41) is 9.97. The molecular formula is C19H20N2O2S2. The van der Waals surface area contributed by atoms with Crippen LogP contribution in [0.1, 0.15) is 23.7 Å². The number of rotatable bonds is 8. The van der Waals surface area contributed by atoms with Crippen LogP contribution in [0.2, 0.25) is 0 Å². The highest BCUT2D eigenvalue weighted by Crippen LogP contribution is 2.25. The van der Waals surface area contributed by atoms with Crippen molar-refractivity contribution in [2.75, 3.05) is 6.61 Å². The number of thiophene rings is 1. The summed E-state index contributed by atoms with van der Waals surface area (Å²) in [6, 6.07) is 10.1. The van der Waals surface area contributed by atoms with Crippen molar-refractivity contribution in [3.05, 3.63) is 63.3 Å². The van der Waals surface area contributed by atoms with E-state index >= 15 is 0 Å². The zero-order valence-corrected chi connectivity index (χ0v) is 15.7. The molecule has 1 aromatic carbocycles. The minimum atomic E-state index is -0.0134. The summed E-state index contributed by atoms with van der Waals surface area (Å²) in [5.41, 5.74) is 4.15. The van der Waals surface area contributed by atoms with Gasteiger partial charge in [0, 0.05) is 29.5 Å². The van der Waals surface area contributed by atoms with E-state index in [1.165, 1.54) is 0 Å². The number of ether oxygens (including phenoxy) is 1. The van der Waals surface area contributed by atoms with Gasteiger partial charge in [-0.3, -0.25) is 4.79 Å². The van der Waals surface area contributed by atoms with Crippen LogP contribution < -0.4 is 5.32 Å². The van der Waals surface area contributed by atoms with E-state index < -0.39 is 0 Å². The monoisotopic (exact) mass is 372 g/mol. The van der Waals surface area contributed by atoms with Crippen LogP contribution in [0, 0.1) is 0 Å². The van der Waals surface area contributed by atoms with Gasteiger partial charge in [0.1, 0.15) is 5.01 Å². The van der Waals surface area contributed by atoms with Gasteiger partial charge in [0.25, 0.3) is 0 Å². The molecule has 0 radical (unpaired) electrons. The fourth-order valence-corrected chi connectivity index (χ4v) is 3.84. The Hall–Kier alpha value is -2.02. The lowest BCUT2D eigenvalue weighted by Crippen LogP contribution is -2.24. The minimum Gasteiger partial charge on any atom is -0.377 e. The SMILES string of the molecule is CCOCc1ccc(CNC(=O)Cc2csc(-c3ccsc3)n2)cc1. The standard InChI is InChI=1S/C19H20N2O2S2/c1-2-23-11-15-5-3-14(4-6-15)10-20-18(22)9-17-13-25-19(21-17)16-7-8-24-12-16/h3-8,12-13H,2,9-11H2,1H3,(H,20,22). The molecule has 0 aliphatic heterocycles. The average molecular weight is 373 g/mol. The van der Waals surface area contributed by atoms with E-state index in [2.05, 4.69) is 15.7 Å². The maximum absolute atomic E-state index is 12.1. The normalized spacial score (nSPS) is 10.8. The molecular weight excluding hydrogens is 352 g/mol. The first kappa shape index (κ1) is 17.8. The van der Waals surface area contributed by atoms with Crippen molar-refractivity contribution in [2.45, 2.75) is 26.5 Å². The molecule has 2 aromatic heterocycles. The molecule has 0 atom stereocenters. The number of benzene rings is 1. The Balaban J connectivity index is 1.48. The molecule has 0 unspecified atom stereocenters. The predicted octanol–water partition coefficient (Wildman–Crippen LogP) is 4.27. The summed E-state index contributed by atoms with van der Waals surface area (Å²) in [6.45, 7) is 3.84. The molecule has 0 fully saturated rings. The van der Waals surface area contributed by atoms with Crippen molar-refractivity contribution < 1.29 is 9.53 Å². The Kier molecular flexibility index (Phi) is 6.33. The highest BCUT2D eigenvalue weighted by molar-refractivity contribution is 7.14. The maximum atomic E-state index is 12.1. The fourth-order valence-electron chi connectivity index (χ4n) is 2.31. The Morgan fingerprint density at radius 2 is 1.96 bits per heavy atom. The van der Waals surface area contributed by atoms with E-state index in [0.29, 0.717) is 26.2 Å².